The van der Waals surface area contributed by atoms with Crippen LogP contribution in [0.1, 0.15) is 59.6 Å². The summed E-state index contributed by atoms with van der Waals surface area (Å²) in [5.41, 5.74) is 8.46. The summed E-state index contributed by atoms with van der Waals surface area (Å²) in [5.74, 6) is 1.42. The molecule has 0 bridgehead atoms. The first-order valence-electron chi connectivity index (χ1n) is 21.2. The molecule has 0 saturated carbocycles. The zero-order valence-corrected chi connectivity index (χ0v) is 37.4. The molecule has 1 heterocycles. The second-order valence-corrected chi connectivity index (χ2v) is 16.0. The summed E-state index contributed by atoms with van der Waals surface area (Å²) in [6.07, 6.45) is 0.406. The van der Waals surface area contributed by atoms with Crippen molar-refractivity contribution in [3.8, 4) is 33.8 Å². The number of benzene rings is 3. The lowest BCUT2D eigenvalue weighted by Crippen LogP contribution is -2.44. The SMILES string of the molecule is CCc1c(-c2ccc(OCCOCCOCCOCCOCCOCCN)cc2)cnc(N(C(=O)OC(C)(C)C)C(=O)OC(C)(C)C)c1-c1ccc(OCc2ccccc2)cc1. The van der Waals surface area contributed by atoms with Gasteiger partial charge in [0.15, 0.2) is 5.82 Å². The van der Waals surface area contributed by atoms with Gasteiger partial charge in [-0.1, -0.05) is 61.5 Å². The van der Waals surface area contributed by atoms with Crippen LogP contribution in [0.4, 0.5) is 15.4 Å². The molecule has 0 atom stereocenters. The number of carbonyl (C=O) groups is 2. The van der Waals surface area contributed by atoms with Gasteiger partial charge < -0.3 is 48.4 Å². The van der Waals surface area contributed by atoms with Crippen LogP contribution in [0.3, 0.4) is 0 Å². The van der Waals surface area contributed by atoms with Crippen LogP contribution < -0.4 is 20.1 Å². The fourth-order valence-electron chi connectivity index (χ4n) is 5.96. The Bertz CT molecular complexity index is 1880. The topological polar surface area (TPSA) is 159 Å². The predicted octanol–water partition coefficient (Wildman–Crippen LogP) is 8.65. The van der Waals surface area contributed by atoms with Crippen molar-refractivity contribution >= 4 is 18.0 Å². The third-order valence-corrected chi connectivity index (χ3v) is 8.69. The van der Waals surface area contributed by atoms with Gasteiger partial charge in [-0.2, -0.15) is 4.90 Å². The third kappa shape index (κ3) is 17.3. The van der Waals surface area contributed by atoms with Crippen LogP contribution in [0.2, 0.25) is 0 Å². The van der Waals surface area contributed by atoms with Crippen molar-refractivity contribution in [1.82, 2.24) is 4.98 Å². The van der Waals surface area contributed by atoms with Gasteiger partial charge in [0.25, 0.3) is 0 Å². The van der Waals surface area contributed by atoms with E-state index in [1.807, 2.05) is 85.8 Å². The van der Waals surface area contributed by atoms with Gasteiger partial charge in [-0.05, 0) is 94.5 Å². The molecule has 0 spiro atoms. The van der Waals surface area contributed by atoms with Crippen LogP contribution >= 0.6 is 0 Å². The molecular formula is C48H65N3O11. The number of amides is 2. The Morgan fingerprint density at radius 1 is 0.581 bits per heavy atom. The zero-order valence-electron chi connectivity index (χ0n) is 37.4. The summed E-state index contributed by atoms with van der Waals surface area (Å²) in [5, 5.41) is 0. The highest BCUT2D eigenvalue weighted by molar-refractivity contribution is 6.11. The van der Waals surface area contributed by atoms with E-state index in [-0.39, 0.29) is 5.82 Å². The maximum absolute atomic E-state index is 13.9. The van der Waals surface area contributed by atoms with Crippen molar-refractivity contribution in [3.05, 3.63) is 96.2 Å². The molecule has 338 valence electrons. The summed E-state index contributed by atoms with van der Waals surface area (Å²) in [6, 6.07) is 25.1. The van der Waals surface area contributed by atoms with E-state index in [0.717, 1.165) is 32.7 Å². The summed E-state index contributed by atoms with van der Waals surface area (Å²) in [4.78, 5) is 33.5. The lowest BCUT2D eigenvalue weighted by Gasteiger charge is -2.30. The number of ether oxygens (including phenoxy) is 9. The second kappa shape index (κ2) is 25.8. The molecule has 3 aromatic carbocycles. The van der Waals surface area contributed by atoms with Gasteiger partial charge in [-0.15, -0.1) is 0 Å². The van der Waals surface area contributed by atoms with Gasteiger partial charge in [0.05, 0.1) is 66.1 Å². The minimum atomic E-state index is -0.903. The fraction of sp³-hybridized carbons (Fsp3) is 0.479. The molecule has 0 unspecified atom stereocenters. The van der Waals surface area contributed by atoms with E-state index in [1.54, 1.807) is 47.7 Å². The van der Waals surface area contributed by atoms with Crippen molar-refractivity contribution in [2.24, 2.45) is 5.73 Å². The molecule has 14 heteroatoms. The highest BCUT2D eigenvalue weighted by atomic mass is 16.6. The summed E-state index contributed by atoms with van der Waals surface area (Å²) in [7, 11) is 0. The lowest BCUT2D eigenvalue weighted by molar-refractivity contribution is -0.0122. The molecule has 0 aliphatic rings. The van der Waals surface area contributed by atoms with Crippen LogP contribution in [0.5, 0.6) is 11.5 Å². The average Bonchev–Trinajstić information content (AvgIpc) is 3.23. The molecule has 4 rings (SSSR count). The average molecular weight is 860 g/mol. The third-order valence-electron chi connectivity index (χ3n) is 8.69. The van der Waals surface area contributed by atoms with E-state index in [4.69, 9.17) is 53.3 Å². The van der Waals surface area contributed by atoms with Gasteiger partial charge in [-0.3, -0.25) is 0 Å². The Hall–Kier alpha value is -5.09. The number of carbonyl (C=O) groups excluding carboxylic acids is 2. The van der Waals surface area contributed by atoms with Gasteiger partial charge in [0.2, 0.25) is 0 Å². The van der Waals surface area contributed by atoms with Gasteiger partial charge in [0.1, 0.15) is 35.9 Å². The van der Waals surface area contributed by atoms with Crippen LogP contribution in [-0.2, 0) is 46.2 Å². The molecular weight excluding hydrogens is 795 g/mol. The number of nitrogens with two attached hydrogens (primary N) is 1. The maximum Gasteiger partial charge on any atom is 0.425 e. The van der Waals surface area contributed by atoms with Crippen LogP contribution in [0.15, 0.2) is 85.1 Å². The number of aromatic nitrogens is 1. The minimum absolute atomic E-state index is 0.0907. The Morgan fingerprint density at radius 2 is 1.03 bits per heavy atom. The summed E-state index contributed by atoms with van der Waals surface area (Å²) in [6.45, 7) is 18.5. The number of hydrogen-bond acceptors (Lipinski definition) is 13. The molecule has 14 nitrogen and oxygen atoms in total. The highest BCUT2D eigenvalue weighted by Crippen LogP contribution is 2.40. The smallest absolute Gasteiger partial charge is 0.425 e. The van der Waals surface area contributed by atoms with E-state index in [9.17, 15) is 9.59 Å². The molecule has 2 N–H and O–H groups in total. The Kier molecular flexibility index (Phi) is 20.6. The largest absolute Gasteiger partial charge is 0.491 e. The second-order valence-electron chi connectivity index (χ2n) is 16.0. The quantitative estimate of drug-likeness (QED) is 0.0632. The Morgan fingerprint density at radius 3 is 1.50 bits per heavy atom. The van der Waals surface area contributed by atoms with E-state index in [1.165, 1.54) is 0 Å². The maximum atomic E-state index is 13.9. The first-order chi connectivity index (χ1) is 29.8. The minimum Gasteiger partial charge on any atom is -0.491 e. The van der Waals surface area contributed by atoms with Crippen molar-refractivity contribution < 1.29 is 52.2 Å². The standard InChI is InChI=1S/C48H65N3O11/c1-8-41-42(37-14-18-39(19-15-37)59-33-32-58-31-30-57-29-28-56-27-26-55-25-24-54-23-22-49)34-50-44(51(45(52)61-47(2,3)4)46(53)62-48(5,6)7)43(41)38-16-20-40(21-17-38)60-35-36-12-10-9-11-13-36/h9-21,34H,8,22-33,35,49H2,1-7H3. The monoisotopic (exact) mass is 859 g/mol. The number of imide groups is 1. The first-order valence-corrected chi connectivity index (χ1v) is 21.2. The Labute approximate surface area is 366 Å². The van der Waals surface area contributed by atoms with E-state index >= 15 is 0 Å². The van der Waals surface area contributed by atoms with E-state index < -0.39 is 23.4 Å². The molecule has 0 aliphatic heterocycles. The van der Waals surface area contributed by atoms with Crippen LogP contribution in [0, 0.1) is 0 Å². The summed E-state index contributed by atoms with van der Waals surface area (Å²) < 4.78 is 51.0. The molecule has 0 radical (unpaired) electrons. The number of hydrogen-bond donors (Lipinski definition) is 1. The number of nitrogens with zero attached hydrogens (tertiary/aromatic N) is 2. The molecule has 62 heavy (non-hydrogen) atoms. The zero-order chi connectivity index (χ0) is 44.8. The lowest BCUT2D eigenvalue weighted by atomic mass is 9.91. The van der Waals surface area contributed by atoms with Crippen molar-refractivity contribution in [2.45, 2.75) is 72.7 Å². The van der Waals surface area contributed by atoms with Gasteiger partial charge in [0, 0.05) is 23.9 Å². The van der Waals surface area contributed by atoms with Crippen molar-refractivity contribution in [3.63, 3.8) is 0 Å². The molecule has 0 saturated heterocycles. The molecule has 2 amide bonds. The number of anilines is 1. The number of rotatable bonds is 25. The number of pyridine rings is 1. The summed E-state index contributed by atoms with van der Waals surface area (Å²) >= 11 is 0. The van der Waals surface area contributed by atoms with E-state index in [2.05, 4.69) is 0 Å². The first kappa shape index (κ1) is 49.6. The van der Waals surface area contributed by atoms with Gasteiger partial charge in [-0.25, -0.2) is 14.6 Å². The van der Waals surface area contributed by atoms with Crippen molar-refractivity contribution in [2.75, 3.05) is 84.1 Å². The van der Waals surface area contributed by atoms with Crippen LogP contribution in [-0.4, -0.2) is 108 Å². The molecule has 0 aliphatic carbocycles. The normalized spacial score (nSPS) is 11.6. The molecule has 0 fully saturated rings. The van der Waals surface area contributed by atoms with Gasteiger partial charge >= 0.3 is 12.2 Å². The Balaban J connectivity index is 1.44. The highest BCUT2D eigenvalue weighted by Gasteiger charge is 2.36. The predicted molar refractivity (Wildman–Crippen MR) is 239 cm³/mol. The fourth-order valence-corrected chi connectivity index (χ4v) is 5.96. The molecule has 4 aromatic rings. The van der Waals surface area contributed by atoms with Crippen LogP contribution in [0.25, 0.3) is 22.3 Å². The van der Waals surface area contributed by atoms with E-state index in [0.29, 0.717) is 109 Å². The molecule has 1 aromatic heterocycles. The van der Waals surface area contributed by atoms with Crippen molar-refractivity contribution in [1.29, 1.82) is 0 Å².